The van der Waals surface area contributed by atoms with E-state index in [1.165, 1.54) is 0 Å². The first kappa shape index (κ1) is 19.2. The van der Waals surface area contributed by atoms with Crippen molar-refractivity contribution in [1.29, 1.82) is 0 Å². The topological polar surface area (TPSA) is 95.6 Å². The van der Waals surface area contributed by atoms with Gasteiger partial charge in [-0.25, -0.2) is 0 Å². The summed E-state index contributed by atoms with van der Waals surface area (Å²) in [5.74, 6) is 0.660. The summed E-state index contributed by atoms with van der Waals surface area (Å²) in [6.45, 7) is 4.47. The lowest BCUT2D eigenvalue weighted by Gasteiger charge is -2.31. The molecule has 138 valence electrons. The molecule has 1 aliphatic heterocycles. The third-order valence-corrected chi connectivity index (χ3v) is 4.47. The van der Waals surface area contributed by atoms with Gasteiger partial charge in [0.1, 0.15) is 0 Å². The Morgan fingerprint density at radius 2 is 2.24 bits per heavy atom. The third-order valence-electron chi connectivity index (χ3n) is 4.47. The van der Waals surface area contributed by atoms with Gasteiger partial charge in [-0.05, 0) is 44.5 Å². The molecule has 25 heavy (non-hydrogen) atoms. The van der Waals surface area contributed by atoms with E-state index in [-0.39, 0.29) is 11.8 Å². The highest BCUT2D eigenvalue weighted by Gasteiger charge is 2.23. The molecule has 0 aliphatic carbocycles. The number of rotatable bonds is 8. The molecule has 1 amide bonds. The maximum atomic E-state index is 11.3. The van der Waals surface area contributed by atoms with Gasteiger partial charge in [0.05, 0.1) is 5.92 Å². The van der Waals surface area contributed by atoms with Crippen LogP contribution in [-0.4, -0.2) is 61.5 Å². The van der Waals surface area contributed by atoms with Crippen molar-refractivity contribution in [3.05, 3.63) is 30.1 Å². The Hall–Kier alpha value is -2.15. The van der Waals surface area contributed by atoms with Crippen LogP contribution in [0.15, 0.2) is 29.4 Å². The second kappa shape index (κ2) is 10.7. The number of likely N-dealkylation sites (tertiary alicyclic amines) is 1. The predicted octanol–water partition coefficient (Wildman–Crippen LogP) is 0.377. The Morgan fingerprint density at radius 3 is 2.96 bits per heavy atom. The number of amides is 1. The molecule has 0 spiro atoms. The highest BCUT2D eigenvalue weighted by molar-refractivity contribution is 5.79. The molecule has 1 fully saturated rings. The number of pyridine rings is 1. The summed E-state index contributed by atoms with van der Waals surface area (Å²) < 4.78 is 0. The number of nitrogens with one attached hydrogen (secondary N) is 2. The molecule has 7 heteroatoms. The first-order chi connectivity index (χ1) is 12.2. The van der Waals surface area contributed by atoms with Crippen molar-refractivity contribution in [2.75, 3.05) is 39.8 Å². The molecule has 1 aromatic rings. The van der Waals surface area contributed by atoms with E-state index in [4.69, 9.17) is 5.73 Å². The van der Waals surface area contributed by atoms with Gasteiger partial charge in [-0.2, -0.15) is 0 Å². The van der Waals surface area contributed by atoms with Crippen LogP contribution in [-0.2, 0) is 11.2 Å². The lowest BCUT2D eigenvalue weighted by molar-refractivity contribution is -0.123. The van der Waals surface area contributed by atoms with E-state index in [2.05, 4.69) is 25.5 Å². The lowest BCUT2D eigenvalue weighted by atomic mass is 9.97. The molecule has 7 nitrogen and oxygen atoms in total. The molecule has 1 aliphatic rings. The minimum Gasteiger partial charge on any atom is -0.369 e. The van der Waals surface area contributed by atoms with Crippen molar-refractivity contribution < 1.29 is 4.79 Å². The molecule has 1 saturated heterocycles. The largest absolute Gasteiger partial charge is 0.369 e. The van der Waals surface area contributed by atoms with Crippen molar-refractivity contribution in [2.45, 2.75) is 25.7 Å². The van der Waals surface area contributed by atoms with Crippen LogP contribution in [0, 0.1) is 5.92 Å². The fourth-order valence-electron chi connectivity index (χ4n) is 3.08. The standard InChI is InChI=1S/C18H30N6O/c1-20-18(23-11-8-16-7-2-3-9-21-16)22-10-5-13-24-12-4-6-15(14-24)17(19)25/h2-3,7,9,15H,4-6,8,10-14H2,1H3,(H2,19,25)(H2,20,22,23). The van der Waals surface area contributed by atoms with Crippen molar-refractivity contribution in [3.8, 4) is 0 Å². The third kappa shape index (κ3) is 7.09. The minimum absolute atomic E-state index is 0.0164. The molecule has 1 atom stereocenters. The predicted molar refractivity (Wildman–Crippen MR) is 100 cm³/mol. The Morgan fingerprint density at radius 1 is 1.40 bits per heavy atom. The highest BCUT2D eigenvalue weighted by atomic mass is 16.1. The van der Waals surface area contributed by atoms with Gasteiger partial charge >= 0.3 is 0 Å². The average Bonchev–Trinajstić information content (AvgIpc) is 2.64. The summed E-state index contributed by atoms with van der Waals surface area (Å²) >= 11 is 0. The Kier molecular flexibility index (Phi) is 8.18. The van der Waals surface area contributed by atoms with Crippen LogP contribution >= 0.6 is 0 Å². The van der Waals surface area contributed by atoms with E-state index in [0.29, 0.717) is 0 Å². The first-order valence-corrected chi connectivity index (χ1v) is 9.05. The number of carbonyl (C=O) groups excluding carboxylic acids is 1. The Bertz CT molecular complexity index is 548. The highest BCUT2D eigenvalue weighted by Crippen LogP contribution is 2.15. The van der Waals surface area contributed by atoms with E-state index in [0.717, 1.165) is 70.1 Å². The van der Waals surface area contributed by atoms with Crippen LogP contribution in [0.3, 0.4) is 0 Å². The van der Waals surface area contributed by atoms with Gasteiger partial charge in [-0.15, -0.1) is 0 Å². The summed E-state index contributed by atoms with van der Waals surface area (Å²) in [4.78, 5) is 22.2. The number of primary amides is 1. The van der Waals surface area contributed by atoms with Crippen LogP contribution < -0.4 is 16.4 Å². The van der Waals surface area contributed by atoms with Crippen molar-refractivity contribution >= 4 is 11.9 Å². The van der Waals surface area contributed by atoms with Gasteiger partial charge in [-0.1, -0.05) is 6.07 Å². The van der Waals surface area contributed by atoms with Gasteiger partial charge in [0.25, 0.3) is 0 Å². The van der Waals surface area contributed by atoms with E-state index < -0.39 is 0 Å². The zero-order valence-electron chi connectivity index (χ0n) is 15.1. The molecule has 0 radical (unpaired) electrons. The van der Waals surface area contributed by atoms with Crippen LogP contribution in [0.25, 0.3) is 0 Å². The molecule has 0 bridgehead atoms. The lowest BCUT2D eigenvalue weighted by Crippen LogP contribution is -2.43. The summed E-state index contributed by atoms with van der Waals surface area (Å²) in [7, 11) is 1.78. The number of piperidine rings is 1. The summed E-state index contributed by atoms with van der Waals surface area (Å²) in [5.41, 5.74) is 6.49. The number of aliphatic imine (C=N–C) groups is 1. The SMILES string of the molecule is CN=C(NCCCN1CCCC(C(N)=O)C1)NCCc1ccccn1. The number of hydrogen-bond donors (Lipinski definition) is 3. The molecule has 1 unspecified atom stereocenters. The van der Waals surface area contributed by atoms with E-state index in [1.807, 2.05) is 24.4 Å². The Labute approximate surface area is 150 Å². The van der Waals surface area contributed by atoms with Gasteiger partial charge in [0, 0.05) is 45.0 Å². The molecular weight excluding hydrogens is 316 g/mol. The average molecular weight is 346 g/mol. The first-order valence-electron chi connectivity index (χ1n) is 9.05. The van der Waals surface area contributed by atoms with Crippen LogP contribution in [0.2, 0.25) is 0 Å². The molecule has 2 rings (SSSR count). The fraction of sp³-hybridized carbons (Fsp3) is 0.611. The molecule has 4 N–H and O–H groups in total. The fourth-order valence-corrected chi connectivity index (χ4v) is 3.08. The zero-order chi connectivity index (χ0) is 17.9. The van der Waals surface area contributed by atoms with Crippen molar-refractivity contribution in [3.63, 3.8) is 0 Å². The van der Waals surface area contributed by atoms with E-state index in [1.54, 1.807) is 7.05 Å². The monoisotopic (exact) mass is 346 g/mol. The van der Waals surface area contributed by atoms with Crippen molar-refractivity contribution in [1.82, 2.24) is 20.5 Å². The normalized spacial score (nSPS) is 18.8. The smallest absolute Gasteiger partial charge is 0.221 e. The van der Waals surface area contributed by atoms with Crippen LogP contribution in [0.5, 0.6) is 0 Å². The van der Waals surface area contributed by atoms with Gasteiger partial charge in [0.2, 0.25) is 5.91 Å². The van der Waals surface area contributed by atoms with Gasteiger partial charge in [-0.3, -0.25) is 14.8 Å². The minimum atomic E-state index is -0.166. The summed E-state index contributed by atoms with van der Waals surface area (Å²) in [6, 6.07) is 5.94. The summed E-state index contributed by atoms with van der Waals surface area (Å²) in [5, 5.41) is 6.63. The molecule has 0 aromatic carbocycles. The maximum Gasteiger partial charge on any atom is 0.221 e. The van der Waals surface area contributed by atoms with Gasteiger partial charge in [0.15, 0.2) is 5.96 Å². The number of aromatic nitrogens is 1. The molecule has 2 heterocycles. The summed E-state index contributed by atoms with van der Waals surface area (Å²) in [6.07, 6.45) is 5.66. The Balaban J connectivity index is 1.58. The quantitative estimate of drug-likeness (QED) is 0.359. The van der Waals surface area contributed by atoms with E-state index in [9.17, 15) is 4.79 Å². The number of hydrogen-bond acceptors (Lipinski definition) is 4. The number of nitrogens with two attached hydrogens (primary N) is 1. The molecule has 1 aromatic heterocycles. The van der Waals surface area contributed by atoms with Crippen LogP contribution in [0.1, 0.15) is 25.0 Å². The van der Waals surface area contributed by atoms with Crippen LogP contribution in [0.4, 0.5) is 0 Å². The molecular formula is C18H30N6O. The zero-order valence-corrected chi connectivity index (χ0v) is 15.1. The van der Waals surface area contributed by atoms with Crippen molar-refractivity contribution in [2.24, 2.45) is 16.6 Å². The second-order valence-electron chi connectivity index (χ2n) is 6.39. The van der Waals surface area contributed by atoms with E-state index >= 15 is 0 Å². The number of guanidine groups is 1. The number of carbonyl (C=O) groups is 1. The maximum absolute atomic E-state index is 11.3. The second-order valence-corrected chi connectivity index (χ2v) is 6.39. The van der Waals surface area contributed by atoms with Gasteiger partial charge < -0.3 is 21.3 Å². The number of nitrogens with zero attached hydrogens (tertiary/aromatic N) is 3. The molecule has 0 saturated carbocycles.